The van der Waals surface area contributed by atoms with Crippen LogP contribution in [0.1, 0.15) is 12.0 Å². The van der Waals surface area contributed by atoms with Crippen molar-refractivity contribution in [3.05, 3.63) is 35.2 Å². The summed E-state index contributed by atoms with van der Waals surface area (Å²) in [5.74, 6) is 1.24. The molecule has 0 spiro atoms. The number of thioether (sulfide) groups is 1. The first kappa shape index (κ1) is 10.2. The van der Waals surface area contributed by atoms with E-state index in [0.717, 1.165) is 5.69 Å². The van der Waals surface area contributed by atoms with E-state index in [2.05, 4.69) is 28.2 Å². The Morgan fingerprint density at radius 3 is 3.12 bits per heavy atom. The van der Waals surface area contributed by atoms with E-state index in [1.807, 2.05) is 11.8 Å². The molecule has 1 aromatic heterocycles. The van der Waals surface area contributed by atoms with Crippen LogP contribution in [-0.4, -0.2) is 15.7 Å². The molecule has 0 saturated carbocycles. The highest BCUT2D eigenvalue weighted by atomic mass is 35.5. The van der Waals surface area contributed by atoms with Crippen molar-refractivity contribution in [2.45, 2.75) is 17.7 Å². The lowest BCUT2D eigenvalue weighted by atomic mass is 10.0. The summed E-state index contributed by atoms with van der Waals surface area (Å²) in [6.07, 6.45) is 4.23. The van der Waals surface area contributed by atoms with Crippen molar-refractivity contribution in [1.29, 1.82) is 0 Å². The number of fused-ring (bicyclic) bond motifs is 1. The molecule has 0 bridgehead atoms. The molecule has 2 heterocycles. The van der Waals surface area contributed by atoms with Crippen LogP contribution < -0.4 is 0 Å². The minimum atomic E-state index is 0.446. The van der Waals surface area contributed by atoms with Crippen LogP contribution in [0.3, 0.4) is 0 Å². The van der Waals surface area contributed by atoms with Crippen molar-refractivity contribution < 1.29 is 0 Å². The minimum Gasteiger partial charge on any atom is -0.329 e. The van der Waals surface area contributed by atoms with Crippen LogP contribution in [0.5, 0.6) is 0 Å². The van der Waals surface area contributed by atoms with Crippen LogP contribution in [0.25, 0.3) is 11.3 Å². The van der Waals surface area contributed by atoms with E-state index in [0.29, 0.717) is 5.28 Å². The molecule has 0 aliphatic carbocycles. The molecule has 0 atom stereocenters. The Morgan fingerprint density at radius 2 is 2.31 bits per heavy atom. The van der Waals surface area contributed by atoms with Crippen molar-refractivity contribution in [2.75, 3.05) is 5.75 Å². The molecule has 0 amide bonds. The van der Waals surface area contributed by atoms with Gasteiger partial charge in [-0.2, -0.15) is 0 Å². The van der Waals surface area contributed by atoms with E-state index in [1.165, 1.54) is 34.6 Å². The average molecular weight is 251 g/mol. The lowest BCUT2D eigenvalue weighted by molar-refractivity contribution is 0.890. The van der Waals surface area contributed by atoms with Gasteiger partial charge in [0.2, 0.25) is 0 Å². The van der Waals surface area contributed by atoms with Crippen molar-refractivity contribution in [3.8, 4) is 11.3 Å². The van der Waals surface area contributed by atoms with Crippen LogP contribution in [0, 0.1) is 0 Å². The number of nitrogens with one attached hydrogen (secondary N) is 1. The van der Waals surface area contributed by atoms with E-state index < -0.39 is 0 Å². The van der Waals surface area contributed by atoms with E-state index >= 15 is 0 Å². The van der Waals surface area contributed by atoms with Gasteiger partial charge in [0.15, 0.2) is 5.28 Å². The number of rotatable bonds is 1. The number of aryl methyl sites for hydroxylation is 1. The van der Waals surface area contributed by atoms with E-state index in [-0.39, 0.29) is 0 Å². The molecule has 1 aliphatic rings. The van der Waals surface area contributed by atoms with Crippen molar-refractivity contribution in [3.63, 3.8) is 0 Å². The molecule has 82 valence electrons. The van der Waals surface area contributed by atoms with E-state index in [4.69, 9.17) is 11.6 Å². The Hall–Kier alpha value is -0.930. The van der Waals surface area contributed by atoms with Gasteiger partial charge in [-0.3, -0.25) is 0 Å². The van der Waals surface area contributed by atoms with Gasteiger partial charge in [0.05, 0.1) is 11.9 Å². The smallest absolute Gasteiger partial charge is 0.200 e. The number of hydrogen-bond acceptors (Lipinski definition) is 2. The summed E-state index contributed by atoms with van der Waals surface area (Å²) in [7, 11) is 0. The van der Waals surface area contributed by atoms with Gasteiger partial charge in [-0.15, -0.1) is 11.8 Å². The minimum absolute atomic E-state index is 0.446. The third-order valence-corrected chi connectivity index (χ3v) is 4.16. The standard InChI is InChI=1S/C12H11ClN2S/c13-12-14-7-10(15-12)8-3-4-11-9(6-8)2-1-5-16-11/h3-4,6-7H,1-2,5H2,(H,14,15). The Morgan fingerprint density at radius 1 is 1.38 bits per heavy atom. The molecule has 2 aromatic rings. The summed E-state index contributed by atoms with van der Waals surface area (Å²) in [6, 6.07) is 6.57. The number of benzene rings is 1. The zero-order valence-corrected chi connectivity index (χ0v) is 10.2. The van der Waals surface area contributed by atoms with E-state index in [1.54, 1.807) is 6.20 Å². The lowest BCUT2D eigenvalue weighted by Crippen LogP contribution is -1.98. The van der Waals surface area contributed by atoms with Gasteiger partial charge in [0.25, 0.3) is 0 Å². The molecule has 0 saturated heterocycles. The fourth-order valence-electron chi connectivity index (χ4n) is 1.97. The molecular weight excluding hydrogens is 240 g/mol. The summed E-state index contributed by atoms with van der Waals surface area (Å²) in [6.45, 7) is 0. The van der Waals surface area contributed by atoms with Gasteiger partial charge in [-0.25, -0.2) is 4.98 Å². The molecule has 2 nitrogen and oxygen atoms in total. The molecule has 1 aliphatic heterocycles. The maximum absolute atomic E-state index is 5.78. The number of halogens is 1. The molecule has 4 heteroatoms. The predicted molar refractivity (Wildman–Crippen MR) is 68.1 cm³/mol. The molecule has 0 radical (unpaired) electrons. The Kier molecular flexibility index (Phi) is 2.65. The highest BCUT2D eigenvalue weighted by Crippen LogP contribution is 2.32. The predicted octanol–water partition coefficient (Wildman–Crippen LogP) is 3.77. The fourth-order valence-corrected chi connectivity index (χ4v) is 3.14. The van der Waals surface area contributed by atoms with Gasteiger partial charge in [0.1, 0.15) is 0 Å². The van der Waals surface area contributed by atoms with E-state index in [9.17, 15) is 0 Å². The summed E-state index contributed by atoms with van der Waals surface area (Å²) < 4.78 is 0. The van der Waals surface area contributed by atoms with Gasteiger partial charge < -0.3 is 4.98 Å². The summed E-state index contributed by atoms with van der Waals surface area (Å²) >= 11 is 7.73. The van der Waals surface area contributed by atoms with Crippen molar-refractivity contribution in [2.24, 2.45) is 0 Å². The Balaban J connectivity index is 2.02. The third kappa shape index (κ3) is 1.85. The Labute approximate surface area is 103 Å². The first-order valence-electron chi connectivity index (χ1n) is 5.29. The maximum atomic E-state index is 5.78. The molecule has 3 rings (SSSR count). The number of nitrogens with zero attached hydrogens (tertiary/aromatic N) is 1. The fraction of sp³-hybridized carbons (Fsp3) is 0.250. The van der Waals surface area contributed by atoms with Gasteiger partial charge in [0, 0.05) is 4.90 Å². The van der Waals surface area contributed by atoms with Crippen LogP contribution >= 0.6 is 23.4 Å². The number of H-pyrrole nitrogens is 1. The molecule has 16 heavy (non-hydrogen) atoms. The van der Waals surface area contributed by atoms with Crippen molar-refractivity contribution >= 4 is 23.4 Å². The average Bonchev–Trinajstić information content (AvgIpc) is 2.75. The maximum Gasteiger partial charge on any atom is 0.200 e. The van der Waals surface area contributed by atoms with Crippen LogP contribution in [-0.2, 0) is 6.42 Å². The summed E-state index contributed by atoms with van der Waals surface area (Å²) in [5, 5.41) is 0.446. The molecule has 1 N–H and O–H groups in total. The second-order valence-corrected chi connectivity index (χ2v) is 5.36. The van der Waals surface area contributed by atoms with Crippen molar-refractivity contribution in [1.82, 2.24) is 9.97 Å². The molecule has 0 fully saturated rings. The molecule has 0 unspecified atom stereocenters. The monoisotopic (exact) mass is 250 g/mol. The van der Waals surface area contributed by atoms with Gasteiger partial charge in [-0.05, 0) is 53.5 Å². The summed E-state index contributed by atoms with van der Waals surface area (Å²) in [5.41, 5.74) is 3.60. The lowest BCUT2D eigenvalue weighted by Gasteiger charge is -2.15. The highest BCUT2D eigenvalue weighted by Gasteiger charge is 2.11. The normalized spacial score (nSPS) is 14.8. The molecule has 1 aromatic carbocycles. The Bertz CT molecular complexity index is 521. The third-order valence-electron chi connectivity index (χ3n) is 2.76. The number of aromatic nitrogens is 2. The van der Waals surface area contributed by atoms with Crippen LogP contribution in [0.4, 0.5) is 0 Å². The first-order chi connectivity index (χ1) is 7.83. The topological polar surface area (TPSA) is 28.7 Å². The van der Waals surface area contributed by atoms with Gasteiger partial charge in [-0.1, -0.05) is 6.07 Å². The SMILES string of the molecule is Clc1ncc(-c2ccc3c(c2)CCCS3)[nH]1. The largest absolute Gasteiger partial charge is 0.329 e. The summed E-state index contributed by atoms with van der Waals surface area (Å²) in [4.78, 5) is 8.47. The quantitative estimate of drug-likeness (QED) is 0.835. The second kappa shape index (κ2) is 4.15. The van der Waals surface area contributed by atoms with Crippen LogP contribution in [0.2, 0.25) is 5.28 Å². The second-order valence-electron chi connectivity index (χ2n) is 3.86. The van der Waals surface area contributed by atoms with Crippen LogP contribution in [0.15, 0.2) is 29.3 Å². The molecular formula is C12H11ClN2S. The zero-order valence-electron chi connectivity index (χ0n) is 8.66. The zero-order chi connectivity index (χ0) is 11.0. The number of imidazole rings is 1. The first-order valence-corrected chi connectivity index (χ1v) is 6.66. The van der Waals surface area contributed by atoms with Gasteiger partial charge >= 0.3 is 0 Å². The highest BCUT2D eigenvalue weighted by molar-refractivity contribution is 7.99. The number of hydrogen-bond donors (Lipinski definition) is 1. The number of aromatic amines is 1.